The molecule has 2 fully saturated rings. The van der Waals surface area contributed by atoms with Crippen molar-refractivity contribution in [1.29, 1.82) is 0 Å². The van der Waals surface area contributed by atoms with Crippen LogP contribution in [0.3, 0.4) is 0 Å². The van der Waals surface area contributed by atoms with Crippen molar-refractivity contribution in [2.24, 2.45) is 5.92 Å². The van der Waals surface area contributed by atoms with Gasteiger partial charge in [0.1, 0.15) is 11.5 Å². The van der Waals surface area contributed by atoms with Crippen LogP contribution in [0.5, 0.6) is 0 Å². The molecule has 1 aliphatic heterocycles. The number of hydrogen-bond acceptors (Lipinski definition) is 4. The lowest BCUT2D eigenvalue weighted by atomic mass is 10.1. The van der Waals surface area contributed by atoms with Crippen LogP contribution in [0, 0.1) is 5.92 Å². The standard InChI is InChI=1S/C20H22BrNO4S/c1-13-10-18(13)19-7-6-17(26-19)11-22(16-8-9-27(24,25)12-16)20(23)14-2-4-15(21)5-3-14/h2-7,13,16,18H,8-12H2,1H3. The van der Waals surface area contributed by atoms with Gasteiger partial charge in [0.05, 0.1) is 18.1 Å². The van der Waals surface area contributed by atoms with E-state index in [1.165, 1.54) is 0 Å². The van der Waals surface area contributed by atoms with E-state index < -0.39 is 9.84 Å². The van der Waals surface area contributed by atoms with Gasteiger partial charge < -0.3 is 9.32 Å². The molecule has 27 heavy (non-hydrogen) atoms. The maximum Gasteiger partial charge on any atom is 0.254 e. The maximum atomic E-state index is 13.1. The van der Waals surface area contributed by atoms with Crippen molar-refractivity contribution in [3.8, 4) is 0 Å². The number of nitrogens with zero attached hydrogens (tertiary/aromatic N) is 1. The molecule has 1 saturated heterocycles. The lowest BCUT2D eigenvalue weighted by Crippen LogP contribution is -2.40. The first kappa shape index (κ1) is 18.7. The molecule has 2 aromatic rings. The highest BCUT2D eigenvalue weighted by molar-refractivity contribution is 9.10. The van der Waals surface area contributed by atoms with E-state index in [1.54, 1.807) is 17.0 Å². The Labute approximate surface area is 167 Å². The zero-order valence-electron chi connectivity index (χ0n) is 15.1. The zero-order chi connectivity index (χ0) is 19.2. The molecule has 2 heterocycles. The zero-order valence-corrected chi connectivity index (χ0v) is 17.5. The molecule has 0 radical (unpaired) electrons. The molecule has 1 aromatic carbocycles. The van der Waals surface area contributed by atoms with Gasteiger partial charge in [-0.2, -0.15) is 0 Å². The summed E-state index contributed by atoms with van der Waals surface area (Å²) in [7, 11) is -3.09. The van der Waals surface area contributed by atoms with Gasteiger partial charge in [-0.1, -0.05) is 22.9 Å². The Kier molecular flexibility index (Phi) is 4.93. The minimum absolute atomic E-state index is 0.0164. The Morgan fingerprint density at radius 2 is 1.93 bits per heavy atom. The fraction of sp³-hybridized carbons (Fsp3) is 0.450. The van der Waals surface area contributed by atoms with Crippen LogP contribution in [0.25, 0.3) is 0 Å². The van der Waals surface area contributed by atoms with Crippen molar-refractivity contribution in [3.05, 3.63) is 58.0 Å². The maximum absolute atomic E-state index is 13.1. The molecular formula is C20H22BrNO4S. The predicted octanol–water partition coefficient (Wildman–Crippen LogP) is 4.00. The summed E-state index contributed by atoms with van der Waals surface area (Å²) in [4.78, 5) is 14.8. The van der Waals surface area contributed by atoms with Crippen molar-refractivity contribution in [3.63, 3.8) is 0 Å². The van der Waals surface area contributed by atoms with Crippen LogP contribution in [-0.4, -0.2) is 36.8 Å². The smallest absolute Gasteiger partial charge is 0.254 e. The highest BCUT2D eigenvalue weighted by Crippen LogP contribution is 2.47. The molecule has 1 aliphatic carbocycles. The molecule has 3 unspecified atom stereocenters. The fourth-order valence-electron chi connectivity index (χ4n) is 3.71. The SMILES string of the molecule is CC1CC1c1ccc(CN(C(=O)c2ccc(Br)cc2)C2CCS(=O)(=O)C2)o1. The molecule has 0 spiro atoms. The van der Waals surface area contributed by atoms with Crippen molar-refractivity contribution in [2.75, 3.05) is 11.5 Å². The summed E-state index contributed by atoms with van der Waals surface area (Å²) in [5.74, 6) is 2.77. The summed E-state index contributed by atoms with van der Waals surface area (Å²) in [6, 6.07) is 10.7. The van der Waals surface area contributed by atoms with Gasteiger partial charge >= 0.3 is 0 Å². The summed E-state index contributed by atoms with van der Waals surface area (Å²) in [6.45, 7) is 2.48. The highest BCUT2D eigenvalue weighted by atomic mass is 79.9. The number of amides is 1. The second-order valence-corrected chi connectivity index (χ2v) is 10.8. The second kappa shape index (κ2) is 7.09. The molecule has 0 bridgehead atoms. The Hall–Kier alpha value is -1.60. The topological polar surface area (TPSA) is 67.6 Å². The summed E-state index contributed by atoms with van der Waals surface area (Å²) < 4.78 is 30.8. The number of carbonyl (C=O) groups is 1. The van der Waals surface area contributed by atoms with E-state index in [0.29, 0.717) is 29.6 Å². The van der Waals surface area contributed by atoms with Gasteiger partial charge in [-0.25, -0.2) is 8.42 Å². The molecule has 2 aliphatic rings. The summed E-state index contributed by atoms with van der Waals surface area (Å²) in [5.41, 5.74) is 0.546. The summed E-state index contributed by atoms with van der Waals surface area (Å²) >= 11 is 3.37. The normalized spacial score (nSPS) is 26.1. The third-order valence-corrected chi connectivity index (χ3v) is 7.76. The van der Waals surface area contributed by atoms with E-state index >= 15 is 0 Å². The largest absolute Gasteiger partial charge is 0.464 e. The average Bonchev–Trinajstić information content (AvgIpc) is 3.03. The molecule has 1 saturated carbocycles. The van der Waals surface area contributed by atoms with Crippen LogP contribution in [0.1, 0.15) is 47.6 Å². The van der Waals surface area contributed by atoms with Crippen molar-refractivity contribution < 1.29 is 17.6 Å². The van der Waals surface area contributed by atoms with E-state index in [-0.39, 0.29) is 30.0 Å². The number of furan rings is 1. The number of halogens is 1. The number of benzene rings is 1. The minimum Gasteiger partial charge on any atom is -0.464 e. The van der Waals surface area contributed by atoms with Gasteiger partial charge in [0.2, 0.25) is 0 Å². The quantitative estimate of drug-likeness (QED) is 0.688. The van der Waals surface area contributed by atoms with E-state index in [2.05, 4.69) is 22.9 Å². The fourth-order valence-corrected chi connectivity index (χ4v) is 5.71. The van der Waals surface area contributed by atoms with Crippen molar-refractivity contribution >= 4 is 31.7 Å². The van der Waals surface area contributed by atoms with Crippen LogP contribution >= 0.6 is 15.9 Å². The van der Waals surface area contributed by atoms with Crippen molar-refractivity contribution in [1.82, 2.24) is 4.90 Å². The summed E-state index contributed by atoms with van der Waals surface area (Å²) in [5, 5.41) is 0. The molecule has 5 nitrogen and oxygen atoms in total. The van der Waals surface area contributed by atoms with Gasteiger partial charge in [0.15, 0.2) is 9.84 Å². The monoisotopic (exact) mass is 451 g/mol. The van der Waals surface area contributed by atoms with Gasteiger partial charge in [0.25, 0.3) is 5.91 Å². The third kappa shape index (κ3) is 4.14. The van der Waals surface area contributed by atoms with Gasteiger partial charge in [-0.15, -0.1) is 0 Å². The number of rotatable bonds is 5. The molecule has 0 N–H and O–H groups in total. The Balaban J connectivity index is 1.58. The van der Waals surface area contributed by atoms with Crippen LogP contribution in [0.15, 0.2) is 45.3 Å². The number of hydrogen-bond donors (Lipinski definition) is 0. The first-order chi connectivity index (χ1) is 12.8. The number of sulfone groups is 1. The average molecular weight is 452 g/mol. The van der Waals surface area contributed by atoms with Gasteiger partial charge in [-0.3, -0.25) is 4.79 Å². The van der Waals surface area contributed by atoms with E-state index in [1.807, 2.05) is 24.3 Å². The van der Waals surface area contributed by atoms with Crippen molar-refractivity contribution in [2.45, 2.75) is 38.3 Å². The predicted molar refractivity (Wildman–Crippen MR) is 106 cm³/mol. The van der Waals surface area contributed by atoms with Crippen LogP contribution < -0.4 is 0 Å². The molecule has 1 amide bonds. The first-order valence-corrected chi connectivity index (χ1v) is 11.8. The number of carbonyl (C=O) groups excluding carboxylic acids is 1. The Morgan fingerprint density at radius 1 is 1.22 bits per heavy atom. The third-order valence-electron chi connectivity index (χ3n) is 5.48. The molecule has 1 aromatic heterocycles. The van der Waals surface area contributed by atoms with Crippen LogP contribution in [0.2, 0.25) is 0 Å². The Bertz CT molecular complexity index is 951. The van der Waals surface area contributed by atoms with E-state index in [4.69, 9.17) is 4.42 Å². The molecule has 4 rings (SSSR count). The van der Waals surface area contributed by atoms with E-state index in [0.717, 1.165) is 16.7 Å². The minimum atomic E-state index is -3.09. The molecule has 3 atom stereocenters. The van der Waals surface area contributed by atoms with Gasteiger partial charge in [-0.05, 0) is 55.2 Å². The lowest BCUT2D eigenvalue weighted by Gasteiger charge is -2.27. The van der Waals surface area contributed by atoms with E-state index in [9.17, 15) is 13.2 Å². The van der Waals surface area contributed by atoms with Gasteiger partial charge in [0, 0.05) is 22.0 Å². The summed E-state index contributed by atoms with van der Waals surface area (Å²) in [6.07, 6.45) is 1.60. The van der Waals surface area contributed by atoms with Crippen LogP contribution in [0.4, 0.5) is 0 Å². The highest BCUT2D eigenvalue weighted by Gasteiger charge is 2.38. The lowest BCUT2D eigenvalue weighted by molar-refractivity contribution is 0.0665. The Morgan fingerprint density at radius 3 is 2.52 bits per heavy atom. The molecular weight excluding hydrogens is 430 g/mol. The second-order valence-electron chi connectivity index (χ2n) is 7.62. The molecule has 7 heteroatoms. The van der Waals surface area contributed by atoms with Crippen LogP contribution in [-0.2, 0) is 16.4 Å². The molecule has 144 valence electrons. The first-order valence-electron chi connectivity index (χ1n) is 9.18.